The molecule has 1 aromatic carbocycles. The Balaban J connectivity index is 2.44. The molecule has 0 saturated heterocycles. The van der Waals surface area contributed by atoms with E-state index in [1.54, 1.807) is 0 Å². The molecule has 1 heterocycles. The van der Waals surface area contributed by atoms with E-state index in [2.05, 4.69) is 40.1 Å². The van der Waals surface area contributed by atoms with Crippen LogP contribution in [0.2, 0.25) is 0 Å². The van der Waals surface area contributed by atoms with Crippen LogP contribution < -0.4 is 5.32 Å². The lowest BCUT2D eigenvalue weighted by Crippen LogP contribution is -2.49. The molecular weight excluding hydrogens is 328 g/mol. The van der Waals surface area contributed by atoms with Crippen molar-refractivity contribution in [3.8, 4) is 0 Å². The van der Waals surface area contributed by atoms with E-state index in [0.29, 0.717) is 5.56 Å². The second-order valence-corrected chi connectivity index (χ2v) is 5.96. The van der Waals surface area contributed by atoms with E-state index < -0.39 is 0 Å². The smallest absolute Gasteiger partial charge is 0.252 e. The zero-order valence-corrected chi connectivity index (χ0v) is 14.3. The monoisotopic (exact) mass is 348 g/mol. The van der Waals surface area contributed by atoms with Gasteiger partial charge in [0.15, 0.2) is 0 Å². The molecule has 21 heavy (non-hydrogen) atoms. The van der Waals surface area contributed by atoms with Gasteiger partial charge >= 0.3 is 0 Å². The number of benzene rings is 1. The molecule has 112 valence electrons. The number of para-hydroxylation sites is 1. The number of nitrogens with zero attached hydrogens (tertiary/aromatic N) is 1. The molecule has 0 aliphatic rings. The highest BCUT2D eigenvalue weighted by Gasteiger charge is 2.27. The highest BCUT2D eigenvalue weighted by atomic mass is 79.9. The molecule has 0 bridgehead atoms. The maximum atomic E-state index is 12.7. The van der Waals surface area contributed by atoms with Gasteiger partial charge in [0.1, 0.15) is 0 Å². The van der Waals surface area contributed by atoms with Gasteiger partial charge in [0, 0.05) is 21.9 Å². The topological polar surface area (TPSA) is 42.0 Å². The first-order valence-corrected chi connectivity index (χ1v) is 8.42. The van der Waals surface area contributed by atoms with Crippen molar-refractivity contribution < 1.29 is 4.79 Å². The van der Waals surface area contributed by atoms with Gasteiger partial charge in [-0.3, -0.25) is 9.78 Å². The van der Waals surface area contributed by atoms with E-state index in [0.717, 1.165) is 34.8 Å². The largest absolute Gasteiger partial charge is 0.346 e. The average Bonchev–Trinajstić information content (AvgIpc) is 2.51. The zero-order chi connectivity index (χ0) is 15.5. The molecular formula is C17H21BrN2O. The molecule has 1 amide bonds. The van der Waals surface area contributed by atoms with Gasteiger partial charge in [-0.2, -0.15) is 0 Å². The Hall–Kier alpha value is -1.42. The summed E-state index contributed by atoms with van der Waals surface area (Å²) in [6.45, 7) is 6.11. The minimum atomic E-state index is -0.199. The Morgan fingerprint density at radius 1 is 1.29 bits per heavy atom. The normalized spacial score (nSPS) is 11.6. The van der Waals surface area contributed by atoms with Crippen molar-refractivity contribution >= 4 is 32.7 Å². The van der Waals surface area contributed by atoms with E-state index in [4.69, 9.17) is 0 Å². The Morgan fingerprint density at radius 3 is 2.57 bits per heavy atom. The van der Waals surface area contributed by atoms with Gasteiger partial charge in [-0.05, 0) is 31.9 Å². The van der Waals surface area contributed by atoms with Crippen LogP contribution in [-0.2, 0) is 0 Å². The molecule has 1 N–H and O–H groups in total. The summed E-state index contributed by atoms with van der Waals surface area (Å²) in [5, 5.41) is 4.85. The van der Waals surface area contributed by atoms with E-state index in [-0.39, 0.29) is 11.4 Å². The summed E-state index contributed by atoms with van der Waals surface area (Å²) < 4.78 is 0. The van der Waals surface area contributed by atoms with Gasteiger partial charge in [-0.1, -0.05) is 48.0 Å². The third kappa shape index (κ3) is 3.26. The SMILES string of the molecule is CCC(CC)(CBr)NC(=O)c1cc(C)nc2ccccc12. The van der Waals surface area contributed by atoms with Crippen LogP contribution in [-0.4, -0.2) is 21.8 Å². The number of nitrogens with one attached hydrogen (secondary N) is 1. The van der Waals surface area contributed by atoms with Crippen molar-refractivity contribution in [2.45, 2.75) is 39.2 Å². The second kappa shape index (κ2) is 6.56. The number of fused-ring (bicyclic) bond motifs is 1. The number of amides is 1. The number of halogens is 1. The zero-order valence-electron chi connectivity index (χ0n) is 12.7. The van der Waals surface area contributed by atoms with E-state index in [9.17, 15) is 4.79 Å². The summed E-state index contributed by atoms with van der Waals surface area (Å²) in [6.07, 6.45) is 1.78. The maximum Gasteiger partial charge on any atom is 0.252 e. The van der Waals surface area contributed by atoms with E-state index in [1.807, 2.05) is 37.3 Å². The Morgan fingerprint density at radius 2 is 1.95 bits per heavy atom. The van der Waals surface area contributed by atoms with Crippen molar-refractivity contribution in [1.29, 1.82) is 0 Å². The fourth-order valence-electron chi connectivity index (χ4n) is 2.45. The van der Waals surface area contributed by atoms with Gasteiger partial charge in [-0.25, -0.2) is 0 Å². The molecule has 0 fully saturated rings. The molecule has 0 saturated carbocycles. The molecule has 3 nitrogen and oxygen atoms in total. The van der Waals surface area contributed by atoms with Crippen LogP contribution in [0, 0.1) is 6.92 Å². The molecule has 2 rings (SSSR count). The minimum Gasteiger partial charge on any atom is -0.346 e. The van der Waals surface area contributed by atoms with Gasteiger partial charge in [-0.15, -0.1) is 0 Å². The predicted octanol–water partition coefficient (Wildman–Crippen LogP) is 4.23. The number of hydrogen-bond acceptors (Lipinski definition) is 2. The highest BCUT2D eigenvalue weighted by Crippen LogP contribution is 2.22. The lowest BCUT2D eigenvalue weighted by molar-refractivity contribution is 0.0905. The number of aromatic nitrogens is 1. The number of alkyl halides is 1. The molecule has 0 aliphatic heterocycles. The molecule has 0 unspecified atom stereocenters. The van der Waals surface area contributed by atoms with Crippen molar-refractivity contribution in [3.05, 3.63) is 41.6 Å². The summed E-state index contributed by atoms with van der Waals surface area (Å²) in [4.78, 5) is 17.2. The highest BCUT2D eigenvalue weighted by molar-refractivity contribution is 9.09. The fourth-order valence-corrected chi connectivity index (χ4v) is 3.39. The standard InChI is InChI=1S/C17H21BrN2O/c1-4-17(5-2,11-18)20-16(21)14-10-12(3)19-15-9-7-6-8-13(14)15/h6-10H,4-5,11H2,1-3H3,(H,20,21). The van der Waals surface area contributed by atoms with Crippen LogP contribution in [0.25, 0.3) is 10.9 Å². The second-order valence-electron chi connectivity index (χ2n) is 5.40. The van der Waals surface area contributed by atoms with Crippen molar-refractivity contribution in [1.82, 2.24) is 10.3 Å². The molecule has 0 aliphatic carbocycles. The quantitative estimate of drug-likeness (QED) is 0.821. The average molecular weight is 349 g/mol. The van der Waals surface area contributed by atoms with Crippen LogP contribution in [0.4, 0.5) is 0 Å². The summed E-state index contributed by atoms with van der Waals surface area (Å²) in [5.74, 6) is -0.0279. The summed E-state index contributed by atoms with van der Waals surface area (Å²) >= 11 is 3.53. The van der Waals surface area contributed by atoms with Crippen molar-refractivity contribution in [2.75, 3.05) is 5.33 Å². The summed E-state index contributed by atoms with van der Waals surface area (Å²) in [5.41, 5.74) is 2.22. The van der Waals surface area contributed by atoms with Gasteiger partial charge in [0.05, 0.1) is 11.1 Å². The predicted molar refractivity (Wildman–Crippen MR) is 91.1 cm³/mol. The van der Waals surface area contributed by atoms with Crippen molar-refractivity contribution in [3.63, 3.8) is 0 Å². The molecule has 0 atom stereocenters. The van der Waals surface area contributed by atoms with Crippen LogP contribution in [0.3, 0.4) is 0 Å². The van der Waals surface area contributed by atoms with E-state index in [1.165, 1.54) is 0 Å². The number of carbonyl (C=O) groups is 1. The van der Waals surface area contributed by atoms with Gasteiger partial charge in [0.25, 0.3) is 5.91 Å². The number of hydrogen-bond donors (Lipinski definition) is 1. The minimum absolute atomic E-state index is 0.0279. The lowest BCUT2D eigenvalue weighted by atomic mass is 9.94. The molecule has 1 aromatic heterocycles. The van der Waals surface area contributed by atoms with Gasteiger partial charge in [0.2, 0.25) is 0 Å². The third-order valence-electron chi connectivity index (χ3n) is 4.08. The van der Waals surface area contributed by atoms with Crippen LogP contribution >= 0.6 is 15.9 Å². The first kappa shape index (κ1) is 16.0. The number of pyridine rings is 1. The lowest BCUT2D eigenvalue weighted by Gasteiger charge is -2.31. The molecule has 0 radical (unpaired) electrons. The number of rotatable bonds is 5. The first-order chi connectivity index (χ1) is 10.0. The summed E-state index contributed by atoms with van der Waals surface area (Å²) in [6, 6.07) is 9.63. The van der Waals surface area contributed by atoms with Crippen LogP contribution in [0.5, 0.6) is 0 Å². The number of carbonyl (C=O) groups excluding carboxylic acids is 1. The molecule has 4 heteroatoms. The number of aryl methyl sites for hydroxylation is 1. The summed E-state index contributed by atoms with van der Waals surface area (Å²) in [7, 11) is 0. The van der Waals surface area contributed by atoms with Crippen LogP contribution in [0.1, 0.15) is 42.7 Å². The Bertz CT molecular complexity index is 642. The van der Waals surface area contributed by atoms with Crippen LogP contribution in [0.15, 0.2) is 30.3 Å². The first-order valence-electron chi connectivity index (χ1n) is 7.30. The molecule has 2 aromatic rings. The maximum absolute atomic E-state index is 12.7. The molecule has 0 spiro atoms. The Kier molecular flexibility index (Phi) is 4.99. The van der Waals surface area contributed by atoms with Crippen molar-refractivity contribution in [2.24, 2.45) is 0 Å². The third-order valence-corrected chi connectivity index (χ3v) is 5.15. The van der Waals surface area contributed by atoms with Gasteiger partial charge < -0.3 is 5.32 Å². The fraction of sp³-hybridized carbons (Fsp3) is 0.412. The van der Waals surface area contributed by atoms with E-state index >= 15 is 0 Å². The Labute approximate surface area is 134 Å².